The number of nitrogens with zero attached hydrogens (tertiary/aromatic N) is 3. The zero-order valence-electron chi connectivity index (χ0n) is 14.1. The molecular weight excluding hydrogens is 286 g/mol. The van der Waals surface area contributed by atoms with E-state index in [2.05, 4.69) is 67.3 Å². The van der Waals surface area contributed by atoms with Crippen LogP contribution in [0, 0.1) is 13.8 Å². The number of benzene rings is 1. The monoisotopic (exact) mass is 309 g/mol. The second kappa shape index (κ2) is 6.01. The van der Waals surface area contributed by atoms with Crippen molar-refractivity contribution in [2.75, 3.05) is 26.4 Å². The summed E-state index contributed by atoms with van der Waals surface area (Å²) in [6.07, 6.45) is 0.927. The number of nitrogen functional groups attached to an aromatic ring is 1. The Labute approximate surface area is 136 Å². The van der Waals surface area contributed by atoms with Gasteiger partial charge in [-0.25, -0.2) is 4.98 Å². The molecule has 120 valence electrons. The number of anilines is 1. The molecule has 0 radical (unpaired) electrons. The highest BCUT2D eigenvalue weighted by molar-refractivity contribution is 5.92. The normalized spacial score (nSPS) is 11.5. The lowest BCUT2D eigenvalue weighted by molar-refractivity contribution is 0.413. The van der Waals surface area contributed by atoms with E-state index >= 15 is 0 Å². The number of aromatic amines is 1. The van der Waals surface area contributed by atoms with E-state index in [1.54, 1.807) is 0 Å². The fourth-order valence-electron chi connectivity index (χ4n) is 3.00. The van der Waals surface area contributed by atoms with Gasteiger partial charge in [-0.3, -0.25) is 5.10 Å². The zero-order valence-corrected chi connectivity index (χ0v) is 14.1. The van der Waals surface area contributed by atoms with Crippen molar-refractivity contribution in [1.29, 1.82) is 0 Å². The van der Waals surface area contributed by atoms with Crippen molar-refractivity contribution in [3.05, 3.63) is 41.0 Å². The maximum Gasteiger partial charge on any atom is 0.183 e. The Balaban J connectivity index is 2.26. The van der Waals surface area contributed by atoms with Gasteiger partial charge < -0.3 is 10.6 Å². The molecule has 3 rings (SSSR count). The number of hydrogen-bond acceptors (Lipinski definition) is 4. The highest BCUT2D eigenvalue weighted by Crippen LogP contribution is 2.33. The molecule has 0 unspecified atom stereocenters. The molecule has 1 aromatic carbocycles. The van der Waals surface area contributed by atoms with Crippen LogP contribution in [0.3, 0.4) is 0 Å². The molecule has 0 aliphatic rings. The molecular formula is C18H23N5. The molecule has 5 nitrogen and oxygen atoms in total. The largest absolute Gasteiger partial charge is 0.384 e. The van der Waals surface area contributed by atoms with Crippen molar-refractivity contribution >= 4 is 16.9 Å². The molecule has 0 aliphatic carbocycles. The highest BCUT2D eigenvalue weighted by atomic mass is 15.2. The Morgan fingerprint density at radius 2 is 1.91 bits per heavy atom. The average molecular weight is 309 g/mol. The van der Waals surface area contributed by atoms with Crippen LogP contribution in [0.25, 0.3) is 22.3 Å². The van der Waals surface area contributed by atoms with Gasteiger partial charge in [-0.05, 0) is 51.1 Å². The lowest BCUT2D eigenvalue weighted by Crippen LogP contribution is -2.16. The van der Waals surface area contributed by atoms with Crippen LogP contribution >= 0.6 is 0 Å². The molecule has 0 atom stereocenters. The number of rotatable bonds is 4. The van der Waals surface area contributed by atoms with E-state index in [9.17, 15) is 0 Å². The first-order valence-electron chi connectivity index (χ1n) is 7.82. The van der Waals surface area contributed by atoms with Gasteiger partial charge in [0.05, 0.1) is 11.1 Å². The van der Waals surface area contributed by atoms with Gasteiger partial charge in [0.15, 0.2) is 5.65 Å². The van der Waals surface area contributed by atoms with Gasteiger partial charge in [-0.15, -0.1) is 0 Å². The van der Waals surface area contributed by atoms with Crippen molar-refractivity contribution < 1.29 is 0 Å². The van der Waals surface area contributed by atoms with Crippen LogP contribution in [0.4, 0.5) is 5.82 Å². The fourth-order valence-corrected chi connectivity index (χ4v) is 3.00. The molecule has 2 heterocycles. The zero-order chi connectivity index (χ0) is 16.6. The van der Waals surface area contributed by atoms with Crippen LogP contribution in [0.1, 0.15) is 16.7 Å². The number of nitrogens with one attached hydrogen (secondary N) is 1. The van der Waals surface area contributed by atoms with E-state index in [4.69, 9.17) is 10.7 Å². The summed E-state index contributed by atoms with van der Waals surface area (Å²) in [7, 11) is 4.17. The van der Waals surface area contributed by atoms with Gasteiger partial charge in [0, 0.05) is 12.1 Å². The summed E-state index contributed by atoms with van der Waals surface area (Å²) in [5.74, 6) is 0.590. The van der Waals surface area contributed by atoms with Crippen LogP contribution in [0.5, 0.6) is 0 Å². The maximum absolute atomic E-state index is 6.05. The minimum atomic E-state index is 0.590. The molecule has 0 saturated carbocycles. The minimum absolute atomic E-state index is 0.590. The highest BCUT2D eigenvalue weighted by Gasteiger charge is 2.18. The first-order valence-corrected chi connectivity index (χ1v) is 7.82. The summed E-state index contributed by atoms with van der Waals surface area (Å²) < 4.78 is 0. The molecule has 5 heteroatoms. The SMILES string of the molecule is Cc1ccccc1-c1nc2n[nH]c(N)c2c(C)c1CCN(C)C. The number of fused-ring (bicyclic) bond motifs is 1. The van der Waals surface area contributed by atoms with Crippen molar-refractivity contribution in [2.24, 2.45) is 0 Å². The van der Waals surface area contributed by atoms with Gasteiger partial charge in [0.25, 0.3) is 0 Å². The van der Waals surface area contributed by atoms with Gasteiger partial charge in [-0.1, -0.05) is 24.3 Å². The lowest BCUT2D eigenvalue weighted by Gasteiger charge is -2.17. The molecule has 0 bridgehead atoms. The van der Waals surface area contributed by atoms with Crippen LogP contribution in [-0.4, -0.2) is 40.7 Å². The van der Waals surface area contributed by atoms with Gasteiger partial charge in [0.2, 0.25) is 0 Å². The minimum Gasteiger partial charge on any atom is -0.384 e. The maximum atomic E-state index is 6.05. The molecule has 2 aromatic heterocycles. The van der Waals surface area contributed by atoms with E-state index in [1.165, 1.54) is 16.7 Å². The number of H-pyrrole nitrogens is 1. The number of hydrogen-bond donors (Lipinski definition) is 2. The third-order valence-electron chi connectivity index (χ3n) is 4.32. The third-order valence-corrected chi connectivity index (χ3v) is 4.32. The van der Waals surface area contributed by atoms with Crippen molar-refractivity contribution in [2.45, 2.75) is 20.3 Å². The van der Waals surface area contributed by atoms with Gasteiger partial charge in [0.1, 0.15) is 5.82 Å². The van der Waals surface area contributed by atoms with Crippen molar-refractivity contribution in [3.8, 4) is 11.3 Å². The number of aromatic nitrogens is 3. The van der Waals surface area contributed by atoms with Crippen LogP contribution in [0.2, 0.25) is 0 Å². The summed E-state index contributed by atoms with van der Waals surface area (Å²) in [5, 5.41) is 8.06. The first kappa shape index (κ1) is 15.5. The van der Waals surface area contributed by atoms with Crippen molar-refractivity contribution in [1.82, 2.24) is 20.1 Å². The third kappa shape index (κ3) is 2.80. The van der Waals surface area contributed by atoms with Crippen LogP contribution in [-0.2, 0) is 6.42 Å². The Hall–Kier alpha value is -2.40. The Morgan fingerprint density at radius 3 is 2.61 bits per heavy atom. The predicted molar refractivity (Wildman–Crippen MR) is 95.5 cm³/mol. The molecule has 3 aromatic rings. The van der Waals surface area contributed by atoms with Gasteiger partial charge in [-0.2, -0.15) is 5.10 Å². The number of likely N-dealkylation sites (N-methyl/N-ethyl adjacent to an activating group) is 1. The number of pyridine rings is 1. The number of aryl methyl sites for hydroxylation is 2. The van der Waals surface area contributed by atoms with Crippen LogP contribution in [0.15, 0.2) is 24.3 Å². The average Bonchev–Trinajstić information content (AvgIpc) is 2.88. The molecule has 0 aliphatic heterocycles. The molecule has 23 heavy (non-hydrogen) atoms. The summed E-state index contributed by atoms with van der Waals surface area (Å²) >= 11 is 0. The van der Waals surface area contributed by atoms with E-state index in [1.807, 2.05) is 0 Å². The van der Waals surface area contributed by atoms with E-state index in [0.29, 0.717) is 11.5 Å². The second-order valence-electron chi connectivity index (χ2n) is 6.27. The molecule has 0 fully saturated rings. The summed E-state index contributed by atoms with van der Waals surface area (Å²) in [4.78, 5) is 7.01. The topological polar surface area (TPSA) is 70.8 Å². The standard InChI is InChI=1S/C18H23N5/c1-11-7-5-6-8-13(11)16-14(9-10-23(3)4)12(2)15-17(19)21-22-18(15)20-16/h5-8H,9-10H2,1-4H3,(H3,19,20,21,22). The Bertz CT molecular complexity index is 848. The second-order valence-corrected chi connectivity index (χ2v) is 6.27. The Kier molecular flexibility index (Phi) is 4.05. The van der Waals surface area contributed by atoms with E-state index in [0.717, 1.165) is 29.6 Å². The molecule has 0 spiro atoms. The molecule has 3 N–H and O–H groups in total. The van der Waals surface area contributed by atoms with Crippen LogP contribution < -0.4 is 5.73 Å². The summed E-state index contributed by atoms with van der Waals surface area (Å²) in [5.41, 5.74) is 12.5. The number of nitrogens with two attached hydrogens (primary N) is 1. The Morgan fingerprint density at radius 1 is 1.17 bits per heavy atom. The first-order chi connectivity index (χ1) is 11.0. The predicted octanol–water partition coefficient (Wildman–Crippen LogP) is 2.93. The smallest absolute Gasteiger partial charge is 0.183 e. The quantitative estimate of drug-likeness (QED) is 0.777. The molecule has 0 amide bonds. The van der Waals surface area contributed by atoms with E-state index < -0.39 is 0 Å². The summed E-state index contributed by atoms with van der Waals surface area (Å²) in [6.45, 7) is 5.19. The fraction of sp³-hybridized carbons (Fsp3) is 0.333. The van der Waals surface area contributed by atoms with Crippen molar-refractivity contribution in [3.63, 3.8) is 0 Å². The summed E-state index contributed by atoms with van der Waals surface area (Å²) in [6, 6.07) is 8.34. The molecule has 0 saturated heterocycles. The van der Waals surface area contributed by atoms with Gasteiger partial charge >= 0.3 is 0 Å². The van der Waals surface area contributed by atoms with E-state index in [-0.39, 0.29) is 0 Å². The lowest BCUT2D eigenvalue weighted by atomic mass is 9.94.